The molecule has 155 valence electrons. The van der Waals surface area contributed by atoms with Gasteiger partial charge in [-0.15, -0.1) is 0 Å². The third-order valence-electron chi connectivity index (χ3n) is 3.64. The van der Waals surface area contributed by atoms with Crippen molar-refractivity contribution in [2.24, 2.45) is 11.5 Å². The molecule has 2 amide bonds. The van der Waals surface area contributed by atoms with Gasteiger partial charge in [0.15, 0.2) is 0 Å². The Morgan fingerprint density at radius 3 is 2.41 bits per heavy atom. The zero-order valence-corrected chi connectivity index (χ0v) is 15.5. The number of carboxylic acid groups (broad SMARTS) is 1. The van der Waals surface area contributed by atoms with Crippen LogP contribution in [0.5, 0.6) is 0 Å². The second kappa shape index (κ2) is 13.2. The van der Waals surface area contributed by atoms with Gasteiger partial charge >= 0.3 is 17.1 Å². The molecule has 27 heavy (non-hydrogen) atoms. The molecule has 1 heterocycles. The van der Waals surface area contributed by atoms with Crippen LogP contribution in [-0.4, -0.2) is 59.2 Å². The van der Waals surface area contributed by atoms with Crippen LogP contribution in [-0.2, 0) is 37.9 Å². The molecule has 11 nitrogen and oxygen atoms in total. The quantitative estimate of drug-likeness (QED) is 0.160. The SMILES string of the molecule is NCCCC[C@H](NC(=O)[C@H](Cc1c[n-]cn1)NC(=O)[C@@H](N)CO)C(=O)[O-].[Cu+2]. The van der Waals surface area contributed by atoms with E-state index in [0.717, 1.165) is 0 Å². The van der Waals surface area contributed by atoms with Gasteiger partial charge in [-0.05, 0) is 32.2 Å². The Labute approximate surface area is 167 Å². The molecule has 3 atom stereocenters. The molecular formula is C15H24CuN6O5. The summed E-state index contributed by atoms with van der Waals surface area (Å²) in [5, 5.41) is 24.9. The van der Waals surface area contributed by atoms with Gasteiger partial charge in [0, 0.05) is 0 Å². The summed E-state index contributed by atoms with van der Waals surface area (Å²) in [5.74, 6) is -2.91. The third-order valence-corrected chi connectivity index (χ3v) is 3.64. The number of aromatic nitrogens is 2. The van der Waals surface area contributed by atoms with Crippen molar-refractivity contribution in [3.8, 4) is 0 Å². The number of hydrogen-bond donors (Lipinski definition) is 5. The Bertz CT molecular complexity index is 585. The molecule has 1 radical (unpaired) electrons. The van der Waals surface area contributed by atoms with Gasteiger partial charge in [-0.1, -0.05) is 18.2 Å². The monoisotopic (exact) mass is 431 g/mol. The molecule has 0 aromatic carbocycles. The Hall–Kier alpha value is -1.98. The summed E-state index contributed by atoms with van der Waals surface area (Å²) in [6.45, 7) is -0.196. The number of rotatable bonds is 12. The predicted octanol–water partition coefficient (Wildman–Crippen LogP) is -4.25. The van der Waals surface area contributed by atoms with E-state index in [9.17, 15) is 19.5 Å². The average molecular weight is 432 g/mol. The minimum absolute atomic E-state index is 0. The summed E-state index contributed by atoms with van der Waals surface area (Å²) in [7, 11) is 0. The molecule has 1 rings (SSSR count). The summed E-state index contributed by atoms with van der Waals surface area (Å²) in [6.07, 6.45) is 3.93. The van der Waals surface area contributed by atoms with Gasteiger partial charge < -0.3 is 47.1 Å². The molecule has 0 spiro atoms. The number of carbonyl (C=O) groups excluding carboxylic acids is 3. The fourth-order valence-electron chi connectivity index (χ4n) is 2.16. The van der Waals surface area contributed by atoms with E-state index in [0.29, 0.717) is 25.1 Å². The average Bonchev–Trinajstić information content (AvgIpc) is 3.12. The first-order valence-electron chi connectivity index (χ1n) is 8.18. The summed E-state index contributed by atoms with van der Waals surface area (Å²) < 4.78 is 0. The minimum Gasteiger partial charge on any atom is -0.548 e. The van der Waals surface area contributed by atoms with Crippen LogP contribution >= 0.6 is 0 Å². The number of carboxylic acids is 1. The van der Waals surface area contributed by atoms with E-state index >= 15 is 0 Å². The van der Waals surface area contributed by atoms with Crippen molar-refractivity contribution in [3.05, 3.63) is 18.2 Å². The maximum atomic E-state index is 12.5. The van der Waals surface area contributed by atoms with Gasteiger partial charge in [-0.25, -0.2) is 0 Å². The van der Waals surface area contributed by atoms with E-state index in [2.05, 4.69) is 20.6 Å². The second-order valence-electron chi connectivity index (χ2n) is 5.73. The van der Waals surface area contributed by atoms with E-state index in [1.807, 2.05) is 0 Å². The van der Waals surface area contributed by atoms with E-state index < -0.39 is 42.5 Å². The molecule has 0 aliphatic rings. The number of nitrogens with one attached hydrogen (secondary N) is 2. The van der Waals surface area contributed by atoms with Crippen LogP contribution in [0, 0.1) is 0 Å². The topological polar surface area (TPSA) is 198 Å². The third kappa shape index (κ3) is 8.98. The fraction of sp³-hybridized carbons (Fsp3) is 0.600. The van der Waals surface area contributed by atoms with E-state index in [1.165, 1.54) is 12.5 Å². The molecular weight excluding hydrogens is 408 g/mol. The van der Waals surface area contributed by atoms with Crippen molar-refractivity contribution < 1.29 is 41.7 Å². The molecule has 0 aliphatic heterocycles. The molecule has 0 unspecified atom stereocenters. The minimum atomic E-state index is -1.43. The summed E-state index contributed by atoms with van der Waals surface area (Å²) in [6, 6.07) is -3.56. The zero-order valence-electron chi connectivity index (χ0n) is 14.6. The summed E-state index contributed by atoms with van der Waals surface area (Å²) in [4.78, 5) is 43.3. The zero-order chi connectivity index (χ0) is 19.5. The number of aliphatic hydroxyl groups excluding tert-OH is 1. The van der Waals surface area contributed by atoms with Crippen molar-refractivity contribution in [1.29, 1.82) is 0 Å². The fourth-order valence-corrected chi connectivity index (χ4v) is 2.16. The van der Waals surface area contributed by atoms with E-state index in [1.54, 1.807) is 0 Å². The molecule has 0 saturated carbocycles. The summed E-state index contributed by atoms with van der Waals surface area (Å²) >= 11 is 0. The first kappa shape index (κ1) is 25.0. The van der Waals surface area contributed by atoms with Crippen molar-refractivity contribution in [2.75, 3.05) is 13.2 Å². The largest absolute Gasteiger partial charge is 2.00 e. The molecule has 0 bridgehead atoms. The Balaban J connectivity index is 0.00000676. The first-order chi connectivity index (χ1) is 12.4. The Kier molecular flexibility index (Phi) is 12.3. The van der Waals surface area contributed by atoms with Crippen LogP contribution in [0.15, 0.2) is 12.5 Å². The predicted molar refractivity (Wildman–Crippen MR) is 88.1 cm³/mol. The number of carbonyl (C=O) groups is 3. The van der Waals surface area contributed by atoms with Crippen LogP contribution in [0.3, 0.4) is 0 Å². The number of imidazole rings is 1. The Morgan fingerprint density at radius 1 is 1.22 bits per heavy atom. The number of aliphatic carboxylic acids is 1. The smallest absolute Gasteiger partial charge is 0.548 e. The first-order valence-corrected chi connectivity index (χ1v) is 8.18. The molecule has 1 aromatic heterocycles. The van der Waals surface area contributed by atoms with Gasteiger partial charge in [0.05, 0.1) is 18.6 Å². The Morgan fingerprint density at radius 2 is 1.89 bits per heavy atom. The molecule has 0 aliphatic carbocycles. The number of unbranched alkanes of at least 4 members (excludes halogenated alkanes) is 1. The molecule has 12 heteroatoms. The van der Waals surface area contributed by atoms with Gasteiger partial charge in [-0.2, -0.15) is 0 Å². The second-order valence-corrected chi connectivity index (χ2v) is 5.73. The van der Waals surface area contributed by atoms with Crippen LogP contribution in [0.2, 0.25) is 0 Å². The normalized spacial score (nSPS) is 13.7. The van der Waals surface area contributed by atoms with Crippen LogP contribution in [0.25, 0.3) is 0 Å². The molecule has 1 aromatic rings. The maximum absolute atomic E-state index is 12.5. The van der Waals surface area contributed by atoms with Gasteiger partial charge in [-0.3, -0.25) is 9.59 Å². The van der Waals surface area contributed by atoms with Crippen molar-refractivity contribution in [3.63, 3.8) is 0 Å². The van der Waals surface area contributed by atoms with Crippen molar-refractivity contribution in [1.82, 2.24) is 20.6 Å². The number of nitrogens with two attached hydrogens (primary N) is 2. The van der Waals surface area contributed by atoms with Gasteiger partial charge in [0.1, 0.15) is 12.1 Å². The van der Waals surface area contributed by atoms with Crippen LogP contribution in [0.4, 0.5) is 0 Å². The molecule has 7 N–H and O–H groups in total. The van der Waals surface area contributed by atoms with E-state index in [4.69, 9.17) is 16.6 Å². The van der Waals surface area contributed by atoms with Gasteiger partial charge in [0.25, 0.3) is 0 Å². The number of hydrogen-bond acceptors (Lipinski definition) is 8. The van der Waals surface area contributed by atoms with Crippen molar-refractivity contribution in [2.45, 2.75) is 43.8 Å². The van der Waals surface area contributed by atoms with Crippen LogP contribution < -0.4 is 32.2 Å². The number of aliphatic hydroxyl groups is 1. The number of nitrogens with zero attached hydrogens (tertiary/aromatic N) is 2. The summed E-state index contributed by atoms with van der Waals surface area (Å²) in [5.41, 5.74) is 11.2. The number of amides is 2. The maximum Gasteiger partial charge on any atom is 2.00 e. The standard InChI is InChI=1S/C15H26N6O5.Cu/c16-4-2-1-3-11(15(25)26)20-14(24)12(5-9-6-18-8-19-9)21-13(23)10(17)7-22;/h6,8,10-12,22H,1-5,7,16-17H2,(H4,18,19,20,21,23,24,25,26);/q;+2/p-2/t10-,11-,12-;/m0./s1. The molecule has 0 saturated heterocycles. The van der Waals surface area contributed by atoms with Gasteiger partial charge in [0.2, 0.25) is 11.8 Å². The molecule has 0 fully saturated rings. The van der Waals surface area contributed by atoms with E-state index in [-0.39, 0.29) is 29.9 Å². The van der Waals surface area contributed by atoms with Crippen LogP contribution in [0.1, 0.15) is 25.0 Å². The van der Waals surface area contributed by atoms with Crippen molar-refractivity contribution >= 4 is 17.8 Å².